The highest BCUT2D eigenvalue weighted by Gasteiger charge is 2.33. The molecule has 0 radical (unpaired) electrons. The zero-order valence-corrected chi connectivity index (χ0v) is 13.8. The van der Waals surface area contributed by atoms with Crippen LogP contribution in [-0.2, 0) is 9.53 Å². The lowest BCUT2D eigenvalue weighted by atomic mass is 10.1. The van der Waals surface area contributed by atoms with E-state index in [9.17, 15) is 4.79 Å². The van der Waals surface area contributed by atoms with Gasteiger partial charge in [0.1, 0.15) is 0 Å². The van der Waals surface area contributed by atoms with E-state index in [0.29, 0.717) is 0 Å². The lowest BCUT2D eigenvalue weighted by Crippen LogP contribution is -2.23. The zero-order valence-electron chi connectivity index (χ0n) is 12.2. The fourth-order valence-electron chi connectivity index (χ4n) is 2.11. The van der Waals surface area contributed by atoms with Crippen LogP contribution in [0.1, 0.15) is 19.4 Å². The normalized spacial score (nSPS) is 17.0. The Morgan fingerprint density at radius 3 is 2.29 bits per heavy atom. The second-order valence-electron chi connectivity index (χ2n) is 4.59. The minimum Gasteiger partial charge on any atom is -0.424 e. The Kier molecular flexibility index (Phi) is 4.85. The van der Waals surface area contributed by atoms with E-state index < -0.39 is 0 Å². The molecule has 0 N–H and O–H groups in total. The standard InChI is InChI=1S/C15H17ClN2O2S/c1-4-18(5-2)11-8-6-10(7-9-11)12(16)13-14(19)17(3)15(21)20-13/h6-9H,4-5H2,1-3H3/b13-12-. The van der Waals surface area contributed by atoms with Crippen molar-refractivity contribution in [3.05, 3.63) is 35.6 Å². The molecule has 1 saturated heterocycles. The molecule has 112 valence electrons. The Hall–Kier alpha value is -1.59. The molecule has 1 fully saturated rings. The number of thiocarbonyl (C=S) groups is 1. The summed E-state index contributed by atoms with van der Waals surface area (Å²) in [6.45, 7) is 6.08. The Morgan fingerprint density at radius 1 is 1.29 bits per heavy atom. The number of carbonyl (C=O) groups excluding carboxylic acids is 1. The Bertz CT molecular complexity index is 594. The van der Waals surface area contributed by atoms with Crippen molar-refractivity contribution < 1.29 is 9.53 Å². The molecule has 6 heteroatoms. The molecular weight excluding hydrogens is 308 g/mol. The lowest BCUT2D eigenvalue weighted by Gasteiger charge is -2.21. The molecule has 0 aromatic heterocycles. The summed E-state index contributed by atoms with van der Waals surface area (Å²) < 4.78 is 5.27. The van der Waals surface area contributed by atoms with E-state index in [1.54, 1.807) is 7.05 Å². The van der Waals surface area contributed by atoms with E-state index in [1.807, 2.05) is 24.3 Å². The summed E-state index contributed by atoms with van der Waals surface area (Å²) >= 11 is 11.2. The highest BCUT2D eigenvalue weighted by Crippen LogP contribution is 2.30. The van der Waals surface area contributed by atoms with Crippen molar-refractivity contribution in [1.82, 2.24) is 4.90 Å². The van der Waals surface area contributed by atoms with E-state index in [-0.39, 0.29) is 21.9 Å². The Morgan fingerprint density at radius 2 is 1.86 bits per heavy atom. The van der Waals surface area contributed by atoms with Crippen LogP contribution in [0.4, 0.5) is 5.69 Å². The average molecular weight is 325 g/mol. The van der Waals surface area contributed by atoms with Crippen molar-refractivity contribution >= 4 is 45.6 Å². The molecule has 0 spiro atoms. The summed E-state index contributed by atoms with van der Waals surface area (Å²) in [6.07, 6.45) is 0. The number of ether oxygens (including phenoxy) is 1. The van der Waals surface area contributed by atoms with Crippen LogP contribution in [-0.4, -0.2) is 36.1 Å². The van der Waals surface area contributed by atoms with Crippen molar-refractivity contribution in [3.63, 3.8) is 0 Å². The van der Waals surface area contributed by atoms with Gasteiger partial charge >= 0.3 is 0 Å². The van der Waals surface area contributed by atoms with Gasteiger partial charge in [-0.2, -0.15) is 0 Å². The molecule has 1 aromatic carbocycles. The van der Waals surface area contributed by atoms with Crippen LogP contribution in [0.2, 0.25) is 0 Å². The van der Waals surface area contributed by atoms with Crippen molar-refractivity contribution in [1.29, 1.82) is 0 Å². The molecule has 1 aliphatic rings. The topological polar surface area (TPSA) is 32.8 Å². The second kappa shape index (κ2) is 6.45. The Labute approximate surface area is 134 Å². The number of likely N-dealkylation sites (N-methyl/N-ethyl adjacent to an activating group) is 1. The van der Waals surface area contributed by atoms with Crippen LogP contribution in [0.25, 0.3) is 5.03 Å². The van der Waals surface area contributed by atoms with Gasteiger partial charge < -0.3 is 9.64 Å². The molecule has 0 aliphatic carbocycles. The summed E-state index contributed by atoms with van der Waals surface area (Å²) in [5.41, 5.74) is 1.85. The number of anilines is 1. The maximum absolute atomic E-state index is 12.0. The maximum Gasteiger partial charge on any atom is 0.298 e. The van der Waals surface area contributed by atoms with E-state index >= 15 is 0 Å². The Balaban J connectivity index is 2.31. The predicted molar refractivity (Wildman–Crippen MR) is 89.2 cm³/mol. The largest absolute Gasteiger partial charge is 0.424 e. The van der Waals surface area contributed by atoms with Gasteiger partial charge in [0, 0.05) is 25.8 Å². The lowest BCUT2D eigenvalue weighted by molar-refractivity contribution is -0.122. The number of hydrogen-bond donors (Lipinski definition) is 0. The van der Waals surface area contributed by atoms with E-state index in [2.05, 4.69) is 18.7 Å². The number of amides is 1. The van der Waals surface area contributed by atoms with Gasteiger partial charge in [-0.05, 0) is 43.8 Å². The van der Waals surface area contributed by atoms with Crippen LogP contribution in [0.5, 0.6) is 0 Å². The smallest absolute Gasteiger partial charge is 0.298 e. The first-order valence-electron chi connectivity index (χ1n) is 6.74. The fourth-order valence-corrected chi connectivity index (χ4v) is 2.52. The highest BCUT2D eigenvalue weighted by molar-refractivity contribution is 7.80. The quantitative estimate of drug-likeness (QED) is 0.629. The molecule has 21 heavy (non-hydrogen) atoms. The second-order valence-corrected chi connectivity index (χ2v) is 5.32. The van der Waals surface area contributed by atoms with E-state index in [1.165, 1.54) is 4.90 Å². The van der Waals surface area contributed by atoms with E-state index in [4.69, 9.17) is 28.6 Å². The molecule has 1 aromatic rings. The molecular formula is C15H17ClN2O2S. The van der Waals surface area contributed by atoms with Gasteiger partial charge in [0.15, 0.2) is 0 Å². The summed E-state index contributed by atoms with van der Waals surface area (Å²) in [7, 11) is 1.56. The molecule has 0 unspecified atom stereocenters. The van der Waals surface area contributed by atoms with Crippen molar-refractivity contribution in [2.75, 3.05) is 25.0 Å². The van der Waals surface area contributed by atoms with Gasteiger partial charge in [-0.15, -0.1) is 0 Å². The van der Waals surface area contributed by atoms with Gasteiger partial charge in [-0.25, -0.2) is 0 Å². The highest BCUT2D eigenvalue weighted by atomic mass is 35.5. The number of rotatable bonds is 4. The number of carbonyl (C=O) groups is 1. The summed E-state index contributed by atoms with van der Waals surface area (Å²) in [5.74, 6) is -0.238. The summed E-state index contributed by atoms with van der Waals surface area (Å²) in [4.78, 5) is 15.4. The third-order valence-corrected chi connectivity index (χ3v) is 4.16. The maximum atomic E-state index is 12.0. The molecule has 1 aliphatic heterocycles. The summed E-state index contributed by atoms with van der Waals surface area (Å²) in [5, 5.41) is 0.394. The zero-order chi connectivity index (χ0) is 15.6. The first kappa shape index (κ1) is 15.8. The van der Waals surface area contributed by atoms with Crippen molar-refractivity contribution in [3.8, 4) is 0 Å². The SMILES string of the molecule is CCN(CC)c1ccc(/C(Cl)=C2/OC(=S)N(C)C2=O)cc1. The van der Waals surface area contributed by atoms with Gasteiger partial charge in [0.2, 0.25) is 5.76 Å². The van der Waals surface area contributed by atoms with Crippen molar-refractivity contribution in [2.24, 2.45) is 0 Å². The van der Waals surface area contributed by atoms with Crippen LogP contribution in [0.15, 0.2) is 30.0 Å². The molecule has 0 atom stereocenters. The van der Waals surface area contributed by atoms with Crippen LogP contribution >= 0.6 is 23.8 Å². The van der Waals surface area contributed by atoms with Crippen molar-refractivity contribution in [2.45, 2.75) is 13.8 Å². The third-order valence-electron chi connectivity index (χ3n) is 3.41. The molecule has 2 rings (SSSR count). The number of hydrogen-bond acceptors (Lipinski definition) is 4. The molecule has 0 saturated carbocycles. The minimum atomic E-state index is -0.321. The first-order chi connectivity index (χ1) is 9.99. The molecule has 4 nitrogen and oxygen atoms in total. The molecule has 1 amide bonds. The monoisotopic (exact) mass is 324 g/mol. The van der Waals surface area contributed by atoms with Crippen LogP contribution in [0, 0.1) is 0 Å². The average Bonchev–Trinajstić information content (AvgIpc) is 2.76. The summed E-state index contributed by atoms with van der Waals surface area (Å²) in [6, 6.07) is 7.71. The third kappa shape index (κ3) is 3.04. The first-order valence-corrected chi connectivity index (χ1v) is 7.53. The number of benzene rings is 1. The number of nitrogens with zero attached hydrogens (tertiary/aromatic N) is 2. The van der Waals surface area contributed by atoms with Gasteiger partial charge in [0.25, 0.3) is 11.1 Å². The van der Waals surface area contributed by atoms with E-state index in [0.717, 1.165) is 24.3 Å². The fraction of sp³-hybridized carbons (Fsp3) is 0.333. The molecule has 1 heterocycles. The van der Waals surface area contributed by atoms with Crippen LogP contribution < -0.4 is 4.90 Å². The van der Waals surface area contributed by atoms with Crippen LogP contribution in [0.3, 0.4) is 0 Å². The van der Waals surface area contributed by atoms with Gasteiger partial charge in [0.05, 0.1) is 5.03 Å². The van der Waals surface area contributed by atoms with Gasteiger partial charge in [-0.3, -0.25) is 9.69 Å². The van der Waals surface area contributed by atoms with Gasteiger partial charge in [-0.1, -0.05) is 23.7 Å². The predicted octanol–water partition coefficient (Wildman–Crippen LogP) is 3.21. The minimum absolute atomic E-state index is 0.0831. The number of halogens is 1. The molecule has 0 bridgehead atoms.